The molecule has 0 aromatic heterocycles. The fourth-order valence-corrected chi connectivity index (χ4v) is 3.71. The summed E-state index contributed by atoms with van der Waals surface area (Å²) in [5.74, 6) is 0. The molecule has 7 N–H and O–H groups in total. The van der Waals surface area contributed by atoms with Gasteiger partial charge in [0.2, 0.25) is 0 Å². The lowest BCUT2D eigenvalue weighted by Gasteiger charge is -2.30. The number of urea groups is 1. The van der Waals surface area contributed by atoms with Gasteiger partial charge in [0, 0.05) is 12.6 Å². The summed E-state index contributed by atoms with van der Waals surface area (Å²) in [5.41, 5.74) is 5.49. The number of carbonyl (C=O) groups is 1. The molecule has 0 saturated carbocycles. The molecule has 2 aliphatic rings. The van der Waals surface area contributed by atoms with Gasteiger partial charge in [-0.3, -0.25) is 9.42 Å². The van der Waals surface area contributed by atoms with Gasteiger partial charge in [0.1, 0.15) is 12.3 Å². The molecule has 0 aromatic rings. The quantitative estimate of drug-likeness (QED) is 0.289. The molecule has 24 heavy (non-hydrogen) atoms. The van der Waals surface area contributed by atoms with Crippen LogP contribution in [0.5, 0.6) is 0 Å². The van der Waals surface area contributed by atoms with Crippen LogP contribution in [0, 0.1) is 0 Å². The lowest BCUT2D eigenvalue weighted by Crippen LogP contribution is -2.52. The number of hydrogen-bond acceptors (Lipinski definition) is 8. The van der Waals surface area contributed by atoms with Crippen LogP contribution in [0.3, 0.4) is 0 Å². The Kier molecular flexibility index (Phi) is 5.83. The van der Waals surface area contributed by atoms with Crippen molar-refractivity contribution in [3.8, 4) is 0 Å². The number of carbonyl (C=O) groups excluding carboxylic acids is 1. The summed E-state index contributed by atoms with van der Waals surface area (Å²) in [6.45, 7) is -0.690. The van der Waals surface area contributed by atoms with E-state index < -0.39 is 52.9 Å². The van der Waals surface area contributed by atoms with Gasteiger partial charge in [-0.05, 0) is 6.08 Å². The Labute approximate surface area is 135 Å². The summed E-state index contributed by atoms with van der Waals surface area (Å²) >= 11 is 0. The Hall–Kier alpha value is -0.850. The van der Waals surface area contributed by atoms with Crippen molar-refractivity contribution in [2.24, 2.45) is 5.73 Å². The first-order chi connectivity index (χ1) is 11.0. The van der Waals surface area contributed by atoms with Crippen molar-refractivity contribution in [3.05, 3.63) is 12.3 Å². The molecular weight excluding hydrogens is 372 g/mol. The molecule has 2 heterocycles. The van der Waals surface area contributed by atoms with E-state index in [1.54, 1.807) is 0 Å². The molecule has 1 fully saturated rings. The Bertz CT molecular complexity index is 608. The fraction of sp³-hybridized carbons (Fsp3) is 0.667. The van der Waals surface area contributed by atoms with Gasteiger partial charge in [-0.2, -0.15) is 4.31 Å². The van der Waals surface area contributed by atoms with E-state index in [0.29, 0.717) is 0 Å². The van der Waals surface area contributed by atoms with Gasteiger partial charge in [0.05, 0.1) is 18.9 Å². The van der Waals surface area contributed by atoms with Crippen LogP contribution < -0.4 is 11.1 Å². The average molecular weight is 389 g/mol. The van der Waals surface area contributed by atoms with Gasteiger partial charge in [0.15, 0.2) is 0 Å². The molecule has 13 nitrogen and oxygen atoms in total. The highest BCUT2D eigenvalue weighted by Gasteiger charge is 2.41. The first-order valence-corrected chi connectivity index (χ1v) is 9.60. The van der Waals surface area contributed by atoms with Crippen molar-refractivity contribution < 1.29 is 47.3 Å². The van der Waals surface area contributed by atoms with E-state index in [0.717, 1.165) is 4.90 Å². The molecular formula is C9H17N3O10P2. The topological polar surface area (TPSA) is 201 Å². The van der Waals surface area contributed by atoms with Crippen molar-refractivity contribution in [1.29, 1.82) is 0 Å². The van der Waals surface area contributed by atoms with Crippen LogP contribution in [-0.4, -0.2) is 61.9 Å². The maximum Gasteiger partial charge on any atom is 0.481 e. The third-order valence-corrected chi connectivity index (χ3v) is 5.26. The maximum atomic E-state index is 11.8. The molecule has 5 atom stereocenters. The molecule has 138 valence electrons. The second kappa shape index (κ2) is 7.18. The Morgan fingerprint density at radius 2 is 2.08 bits per heavy atom. The summed E-state index contributed by atoms with van der Waals surface area (Å²) < 4.78 is 35.3. The zero-order valence-corrected chi connectivity index (χ0v) is 13.8. The second-order valence-electron chi connectivity index (χ2n) is 4.99. The van der Waals surface area contributed by atoms with Crippen molar-refractivity contribution in [2.45, 2.75) is 31.0 Å². The molecule has 2 rings (SSSR count). The number of aliphatic hydroxyl groups is 1. The number of phosphoric ester groups is 1. The summed E-state index contributed by atoms with van der Waals surface area (Å²) in [4.78, 5) is 39.1. The number of nitrogens with zero attached hydrogens (tertiary/aromatic N) is 1. The van der Waals surface area contributed by atoms with Crippen LogP contribution in [0.15, 0.2) is 12.3 Å². The molecule has 0 bridgehead atoms. The van der Waals surface area contributed by atoms with Crippen LogP contribution in [0.2, 0.25) is 0 Å². The van der Waals surface area contributed by atoms with Crippen LogP contribution in [0.4, 0.5) is 4.79 Å². The molecule has 2 aliphatic heterocycles. The van der Waals surface area contributed by atoms with Crippen molar-refractivity contribution >= 4 is 21.7 Å². The van der Waals surface area contributed by atoms with Gasteiger partial charge in [-0.25, -0.2) is 13.9 Å². The number of ether oxygens (including phenoxy) is 1. The minimum atomic E-state index is -5.24. The average Bonchev–Trinajstić information content (AvgIpc) is 2.75. The summed E-state index contributed by atoms with van der Waals surface area (Å²) in [7, 11) is -10.3. The maximum absolute atomic E-state index is 11.8. The van der Waals surface area contributed by atoms with E-state index in [9.17, 15) is 19.0 Å². The molecule has 15 heteroatoms. The zero-order chi connectivity index (χ0) is 18.1. The molecule has 1 saturated heterocycles. The summed E-state index contributed by atoms with van der Waals surface area (Å²) in [6.07, 6.45) is -0.956. The monoisotopic (exact) mass is 389 g/mol. The van der Waals surface area contributed by atoms with Gasteiger partial charge in [-0.1, -0.05) is 0 Å². The molecule has 0 aliphatic carbocycles. The van der Waals surface area contributed by atoms with Gasteiger partial charge in [-0.15, -0.1) is 0 Å². The Balaban J connectivity index is 1.92. The van der Waals surface area contributed by atoms with E-state index in [1.165, 1.54) is 12.3 Å². The van der Waals surface area contributed by atoms with E-state index >= 15 is 0 Å². The highest BCUT2D eigenvalue weighted by atomic mass is 31.3. The number of nitrogens with two attached hydrogens (primary N) is 1. The number of phosphoric acid groups is 2. The number of hydrogen-bond donors (Lipinski definition) is 6. The highest BCUT2D eigenvalue weighted by molar-refractivity contribution is 7.60. The van der Waals surface area contributed by atoms with Crippen LogP contribution in [0.1, 0.15) is 6.42 Å². The first-order valence-electron chi connectivity index (χ1n) is 6.57. The largest absolute Gasteiger partial charge is 0.481 e. The molecule has 0 spiro atoms. The number of amides is 2. The SMILES string of the molecule is N[C@H]1C=CN([C@@H]2C[C@@H](O)[C@H](COP(=O)(O)OP(=O)(O)O)O2)C(=O)N1. The Morgan fingerprint density at radius 1 is 1.42 bits per heavy atom. The van der Waals surface area contributed by atoms with Crippen molar-refractivity contribution in [3.63, 3.8) is 0 Å². The predicted molar refractivity (Wildman–Crippen MR) is 75.7 cm³/mol. The minimum Gasteiger partial charge on any atom is -0.390 e. The number of aliphatic hydroxyl groups excluding tert-OH is 1. The lowest BCUT2D eigenvalue weighted by molar-refractivity contribution is -0.0533. The van der Waals surface area contributed by atoms with Crippen LogP contribution >= 0.6 is 15.6 Å². The third-order valence-electron chi connectivity index (χ3n) is 3.10. The van der Waals surface area contributed by atoms with Gasteiger partial charge in [0.25, 0.3) is 0 Å². The second-order valence-corrected chi connectivity index (χ2v) is 7.82. The Morgan fingerprint density at radius 3 is 2.67 bits per heavy atom. The smallest absolute Gasteiger partial charge is 0.390 e. The van der Waals surface area contributed by atoms with E-state index in [-0.39, 0.29) is 6.42 Å². The molecule has 0 aromatic carbocycles. The summed E-state index contributed by atoms with van der Waals surface area (Å²) in [6, 6.07) is -0.554. The molecule has 0 radical (unpaired) electrons. The fourth-order valence-electron chi connectivity index (χ4n) is 2.11. The van der Waals surface area contributed by atoms with Gasteiger partial charge < -0.3 is 35.6 Å². The van der Waals surface area contributed by atoms with E-state index in [4.69, 9.17) is 25.2 Å². The normalized spacial score (nSPS) is 33.4. The van der Waals surface area contributed by atoms with Crippen LogP contribution in [0.25, 0.3) is 0 Å². The minimum absolute atomic E-state index is 0.0178. The van der Waals surface area contributed by atoms with Gasteiger partial charge >= 0.3 is 21.7 Å². The molecule has 2 amide bonds. The number of nitrogens with one attached hydrogen (secondary N) is 1. The lowest BCUT2D eigenvalue weighted by atomic mass is 10.2. The first kappa shape index (κ1) is 19.5. The predicted octanol–water partition coefficient (Wildman–Crippen LogP) is -1.49. The standard InChI is InChI=1S/C9H17N3O10P2/c10-7-1-2-12(9(14)11-7)8-3-5(13)6(21-8)4-20-24(18,19)22-23(15,16)17/h1-2,5-8,13H,3-4,10H2,(H,11,14)(H,18,19)(H2,15,16,17)/t5-,6+,7-,8+/m1/s1. The third kappa shape index (κ3) is 5.33. The number of rotatable bonds is 6. The summed E-state index contributed by atoms with van der Waals surface area (Å²) in [5, 5.41) is 12.3. The van der Waals surface area contributed by atoms with E-state index in [1.807, 2.05) is 0 Å². The molecule has 1 unspecified atom stereocenters. The van der Waals surface area contributed by atoms with Crippen LogP contribution in [-0.2, 0) is 22.7 Å². The van der Waals surface area contributed by atoms with E-state index in [2.05, 4.69) is 14.2 Å². The van der Waals surface area contributed by atoms with Crippen molar-refractivity contribution in [1.82, 2.24) is 10.2 Å². The van der Waals surface area contributed by atoms with Crippen molar-refractivity contribution in [2.75, 3.05) is 6.61 Å². The zero-order valence-electron chi connectivity index (χ0n) is 12.0. The highest BCUT2D eigenvalue weighted by Crippen LogP contribution is 2.57.